The van der Waals surface area contributed by atoms with Crippen LogP contribution in [0.5, 0.6) is 5.75 Å². The average molecular weight is 232 g/mol. The summed E-state index contributed by atoms with van der Waals surface area (Å²) in [7, 11) is 0. The zero-order valence-corrected chi connectivity index (χ0v) is 10.2. The quantitative estimate of drug-likeness (QED) is 0.824. The van der Waals surface area contributed by atoms with Crippen LogP contribution in [-0.2, 0) is 13.0 Å². The van der Waals surface area contributed by atoms with E-state index in [9.17, 15) is 0 Å². The largest absolute Gasteiger partial charge is 0.493 e. The average Bonchev–Trinajstić information content (AvgIpc) is 2.89. The van der Waals surface area contributed by atoms with E-state index >= 15 is 0 Å². The highest BCUT2D eigenvalue weighted by molar-refractivity contribution is 5.37. The van der Waals surface area contributed by atoms with Crippen molar-refractivity contribution in [1.82, 2.24) is 10.6 Å². The summed E-state index contributed by atoms with van der Waals surface area (Å²) in [5.74, 6) is 1.71. The molecular weight excluding hydrogens is 212 g/mol. The van der Waals surface area contributed by atoms with E-state index in [1.807, 2.05) is 0 Å². The van der Waals surface area contributed by atoms with Crippen LogP contribution in [-0.4, -0.2) is 26.2 Å². The first kappa shape index (κ1) is 11.1. The van der Waals surface area contributed by atoms with Crippen LogP contribution in [0.1, 0.15) is 17.5 Å². The molecule has 0 radical (unpaired) electrons. The van der Waals surface area contributed by atoms with Crippen molar-refractivity contribution < 1.29 is 4.74 Å². The van der Waals surface area contributed by atoms with Gasteiger partial charge in [-0.15, -0.1) is 0 Å². The van der Waals surface area contributed by atoms with Crippen molar-refractivity contribution in [2.45, 2.75) is 19.4 Å². The van der Waals surface area contributed by atoms with Crippen LogP contribution in [0.3, 0.4) is 0 Å². The molecule has 3 rings (SSSR count). The van der Waals surface area contributed by atoms with Crippen LogP contribution < -0.4 is 15.4 Å². The molecule has 1 fully saturated rings. The zero-order chi connectivity index (χ0) is 11.5. The topological polar surface area (TPSA) is 33.3 Å². The Morgan fingerprint density at radius 3 is 3.06 bits per heavy atom. The summed E-state index contributed by atoms with van der Waals surface area (Å²) < 4.78 is 5.89. The summed E-state index contributed by atoms with van der Waals surface area (Å²) in [4.78, 5) is 0. The molecule has 0 aromatic heterocycles. The lowest BCUT2D eigenvalue weighted by Crippen LogP contribution is -2.23. The number of nitrogens with one attached hydrogen (secondary N) is 2. The van der Waals surface area contributed by atoms with E-state index in [4.69, 9.17) is 4.74 Å². The van der Waals surface area contributed by atoms with Crippen molar-refractivity contribution >= 4 is 0 Å². The first-order chi connectivity index (χ1) is 8.42. The third-order valence-electron chi connectivity index (χ3n) is 3.71. The van der Waals surface area contributed by atoms with E-state index in [2.05, 4.69) is 28.8 Å². The number of benzene rings is 1. The van der Waals surface area contributed by atoms with Gasteiger partial charge in [0.1, 0.15) is 5.75 Å². The predicted molar refractivity (Wildman–Crippen MR) is 68.3 cm³/mol. The van der Waals surface area contributed by atoms with Gasteiger partial charge in [0.15, 0.2) is 0 Å². The monoisotopic (exact) mass is 232 g/mol. The van der Waals surface area contributed by atoms with Crippen LogP contribution in [0, 0.1) is 5.92 Å². The molecule has 1 aromatic rings. The number of rotatable bonds is 3. The second kappa shape index (κ2) is 5.07. The summed E-state index contributed by atoms with van der Waals surface area (Å²) in [6.45, 7) is 5.17. The first-order valence-corrected chi connectivity index (χ1v) is 6.58. The van der Waals surface area contributed by atoms with E-state index in [0.717, 1.165) is 45.0 Å². The van der Waals surface area contributed by atoms with E-state index in [1.54, 1.807) is 0 Å². The van der Waals surface area contributed by atoms with E-state index in [-0.39, 0.29) is 0 Å². The second-order valence-corrected chi connectivity index (χ2v) is 5.03. The van der Waals surface area contributed by atoms with Gasteiger partial charge in [-0.25, -0.2) is 0 Å². The lowest BCUT2D eigenvalue weighted by atomic mass is 10.0. The smallest absolute Gasteiger partial charge is 0.119 e. The van der Waals surface area contributed by atoms with Gasteiger partial charge >= 0.3 is 0 Å². The third-order valence-corrected chi connectivity index (χ3v) is 3.71. The fourth-order valence-electron chi connectivity index (χ4n) is 2.62. The lowest BCUT2D eigenvalue weighted by molar-refractivity contribution is 0.259. The maximum atomic E-state index is 5.89. The molecule has 1 unspecified atom stereocenters. The highest BCUT2D eigenvalue weighted by Gasteiger charge is 2.15. The van der Waals surface area contributed by atoms with Crippen LogP contribution in [0.2, 0.25) is 0 Å². The van der Waals surface area contributed by atoms with Gasteiger partial charge in [0.2, 0.25) is 0 Å². The highest BCUT2D eigenvalue weighted by atomic mass is 16.5. The Morgan fingerprint density at radius 1 is 1.18 bits per heavy atom. The van der Waals surface area contributed by atoms with Crippen molar-refractivity contribution in [3.63, 3.8) is 0 Å². The van der Waals surface area contributed by atoms with Crippen molar-refractivity contribution in [2.24, 2.45) is 5.92 Å². The Balaban J connectivity index is 1.62. The Hall–Kier alpha value is -1.06. The molecule has 3 nitrogen and oxygen atoms in total. The molecule has 1 aromatic carbocycles. The summed E-state index contributed by atoms with van der Waals surface area (Å²) in [6.07, 6.45) is 2.38. The van der Waals surface area contributed by atoms with Crippen molar-refractivity contribution in [3.8, 4) is 5.75 Å². The molecule has 2 heterocycles. The fourth-order valence-corrected chi connectivity index (χ4v) is 2.62. The van der Waals surface area contributed by atoms with Crippen molar-refractivity contribution in [3.05, 3.63) is 29.3 Å². The number of hydrogen-bond acceptors (Lipinski definition) is 3. The first-order valence-electron chi connectivity index (χ1n) is 6.58. The molecule has 0 saturated carbocycles. The number of fused-ring (bicyclic) bond motifs is 1. The molecular formula is C14H20N2O. The number of hydrogen-bond donors (Lipinski definition) is 2. The molecule has 1 atom stereocenters. The standard InChI is InChI=1S/C14H20N2O/c1-2-14(17-10-11-3-5-15-8-11)7-13-9-16-6-4-12(1)13/h1-2,7,11,15-16H,3-6,8-10H2. The van der Waals surface area contributed by atoms with E-state index < -0.39 is 0 Å². The third kappa shape index (κ3) is 2.61. The molecule has 2 aliphatic heterocycles. The maximum Gasteiger partial charge on any atom is 0.119 e. The normalized spacial score (nSPS) is 23.4. The lowest BCUT2D eigenvalue weighted by Gasteiger charge is -2.18. The van der Waals surface area contributed by atoms with E-state index in [0.29, 0.717) is 5.92 Å². The van der Waals surface area contributed by atoms with Crippen LogP contribution >= 0.6 is 0 Å². The van der Waals surface area contributed by atoms with Gasteiger partial charge < -0.3 is 15.4 Å². The number of ether oxygens (including phenoxy) is 1. The predicted octanol–water partition coefficient (Wildman–Crippen LogP) is 1.32. The summed E-state index contributed by atoms with van der Waals surface area (Å²) in [5, 5.41) is 6.77. The minimum atomic E-state index is 0.684. The molecule has 0 amide bonds. The van der Waals surface area contributed by atoms with Crippen molar-refractivity contribution in [1.29, 1.82) is 0 Å². The van der Waals surface area contributed by atoms with E-state index in [1.165, 1.54) is 17.5 Å². The van der Waals surface area contributed by atoms with Gasteiger partial charge in [-0.05, 0) is 49.2 Å². The summed E-state index contributed by atoms with van der Waals surface area (Å²) in [6, 6.07) is 6.54. The van der Waals surface area contributed by atoms with Gasteiger partial charge in [-0.3, -0.25) is 0 Å². The Kier molecular flexibility index (Phi) is 3.29. The SMILES string of the molecule is c1cc2c(cc1OCC1CCNC1)CNCC2. The van der Waals surface area contributed by atoms with Gasteiger partial charge in [0.25, 0.3) is 0 Å². The van der Waals surface area contributed by atoms with Gasteiger partial charge in [0, 0.05) is 19.0 Å². The molecule has 2 N–H and O–H groups in total. The molecule has 0 spiro atoms. The minimum Gasteiger partial charge on any atom is -0.493 e. The molecule has 3 heteroatoms. The molecule has 2 aliphatic rings. The Labute approximate surface area is 103 Å². The molecule has 0 bridgehead atoms. The zero-order valence-electron chi connectivity index (χ0n) is 10.2. The fraction of sp³-hybridized carbons (Fsp3) is 0.571. The molecule has 1 saturated heterocycles. The Bertz CT molecular complexity index is 386. The highest BCUT2D eigenvalue weighted by Crippen LogP contribution is 2.21. The maximum absolute atomic E-state index is 5.89. The summed E-state index contributed by atoms with van der Waals surface area (Å²) >= 11 is 0. The van der Waals surface area contributed by atoms with Crippen LogP contribution in [0.15, 0.2) is 18.2 Å². The molecule has 17 heavy (non-hydrogen) atoms. The van der Waals surface area contributed by atoms with Gasteiger partial charge in [-0.1, -0.05) is 6.07 Å². The van der Waals surface area contributed by atoms with Gasteiger partial charge in [-0.2, -0.15) is 0 Å². The molecule has 92 valence electrons. The van der Waals surface area contributed by atoms with Crippen molar-refractivity contribution in [2.75, 3.05) is 26.2 Å². The summed E-state index contributed by atoms with van der Waals surface area (Å²) in [5.41, 5.74) is 2.87. The minimum absolute atomic E-state index is 0.684. The van der Waals surface area contributed by atoms with Crippen LogP contribution in [0.25, 0.3) is 0 Å². The second-order valence-electron chi connectivity index (χ2n) is 5.03. The van der Waals surface area contributed by atoms with Gasteiger partial charge in [0.05, 0.1) is 6.61 Å². The Morgan fingerprint density at radius 2 is 2.18 bits per heavy atom. The molecule has 0 aliphatic carbocycles. The van der Waals surface area contributed by atoms with Crippen LogP contribution in [0.4, 0.5) is 0 Å².